The Hall–Kier alpha value is -0.160. The van der Waals surface area contributed by atoms with Crippen molar-refractivity contribution in [3.63, 3.8) is 0 Å². The van der Waals surface area contributed by atoms with Crippen LogP contribution in [0.25, 0.3) is 0 Å². The average Bonchev–Trinajstić information content (AvgIpc) is 2.96. The van der Waals surface area contributed by atoms with Gasteiger partial charge in [-0.25, -0.2) is 0 Å². The Morgan fingerprint density at radius 3 is 3.00 bits per heavy atom. The molecule has 0 radical (unpaired) electrons. The van der Waals surface area contributed by atoms with Crippen molar-refractivity contribution in [2.45, 2.75) is 44.4 Å². The predicted octanol–water partition coefficient (Wildman–Crippen LogP) is 0.949. The standard InChI is InChI=1S/C12H23NO3/c1-10(12-3-2-6-16-12)13-5-8-15-11-4-7-14-9-11/h10-13H,2-9H2,1H3. The van der Waals surface area contributed by atoms with Crippen molar-refractivity contribution in [2.75, 3.05) is 33.0 Å². The fourth-order valence-corrected chi connectivity index (χ4v) is 2.28. The fourth-order valence-electron chi connectivity index (χ4n) is 2.28. The van der Waals surface area contributed by atoms with Crippen molar-refractivity contribution in [1.82, 2.24) is 5.32 Å². The van der Waals surface area contributed by atoms with Crippen LogP contribution in [0.2, 0.25) is 0 Å². The van der Waals surface area contributed by atoms with Gasteiger partial charge in [-0.15, -0.1) is 0 Å². The second-order valence-electron chi connectivity index (χ2n) is 4.65. The number of ether oxygens (including phenoxy) is 3. The largest absolute Gasteiger partial charge is 0.379 e. The Morgan fingerprint density at radius 1 is 1.38 bits per heavy atom. The lowest BCUT2D eigenvalue weighted by Gasteiger charge is -2.20. The van der Waals surface area contributed by atoms with Gasteiger partial charge in [0.2, 0.25) is 0 Å². The summed E-state index contributed by atoms with van der Waals surface area (Å²) in [6.07, 6.45) is 4.15. The molecule has 2 heterocycles. The molecule has 4 heteroatoms. The van der Waals surface area contributed by atoms with Crippen LogP contribution in [0.15, 0.2) is 0 Å². The normalized spacial score (nSPS) is 32.1. The first kappa shape index (κ1) is 12.3. The zero-order chi connectivity index (χ0) is 11.2. The molecule has 1 N–H and O–H groups in total. The van der Waals surface area contributed by atoms with Gasteiger partial charge in [-0.05, 0) is 26.2 Å². The second kappa shape index (κ2) is 6.55. The van der Waals surface area contributed by atoms with Gasteiger partial charge in [0.1, 0.15) is 0 Å². The van der Waals surface area contributed by atoms with Gasteiger partial charge in [-0.2, -0.15) is 0 Å². The van der Waals surface area contributed by atoms with Gasteiger partial charge < -0.3 is 19.5 Å². The van der Waals surface area contributed by atoms with E-state index in [1.807, 2.05) is 0 Å². The summed E-state index contributed by atoms with van der Waals surface area (Å²) in [5.74, 6) is 0. The quantitative estimate of drug-likeness (QED) is 0.688. The van der Waals surface area contributed by atoms with E-state index in [0.29, 0.717) is 18.2 Å². The highest BCUT2D eigenvalue weighted by molar-refractivity contribution is 4.76. The van der Waals surface area contributed by atoms with Gasteiger partial charge in [0, 0.05) is 25.8 Å². The average molecular weight is 229 g/mol. The first-order chi connectivity index (χ1) is 7.86. The summed E-state index contributed by atoms with van der Waals surface area (Å²) >= 11 is 0. The van der Waals surface area contributed by atoms with Gasteiger partial charge in [-0.1, -0.05) is 0 Å². The molecule has 0 bridgehead atoms. The SMILES string of the molecule is CC(NCCOC1CCOC1)C1CCCO1. The van der Waals surface area contributed by atoms with E-state index in [9.17, 15) is 0 Å². The van der Waals surface area contributed by atoms with E-state index >= 15 is 0 Å². The van der Waals surface area contributed by atoms with Gasteiger partial charge in [0.05, 0.1) is 25.4 Å². The topological polar surface area (TPSA) is 39.7 Å². The van der Waals surface area contributed by atoms with E-state index in [4.69, 9.17) is 14.2 Å². The molecular formula is C12H23NO3. The lowest BCUT2D eigenvalue weighted by atomic mass is 10.1. The van der Waals surface area contributed by atoms with Crippen LogP contribution in [-0.2, 0) is 14.2 Å². The summed E-state index contributed by atoms with van der Waals surface area (Å²) in [7, 11) is 0. The Kier molecular flexibility index (Phi) is 5.03. The lowest BCUT2D eigenvalue weighted by Crippen LogP contribution is -2.39. The summed E-state index contributed by atoms with van der Waals surface area (Å²) in [6.45, 7) is 6.40. The van der Waals surface area contributed by atoms with E-state index in [0.717, 1.165) is 39.4 Å². The smallest absolute Gasteiger partial charge is 0.0831 e. The zero-order valence-corrected chi connectivity index (χ0v) is 10.1. The van der Waals surface area contributed by atoms with Crippen molar-refractivity contribution >= 4 is 0 Å². The molecule has 0 aromatic rings. The molecule has 2 rings (SSSR count). The molecule has 4 nitrogen and oxygen atoms in total. The molecule has 2 fully saturated rings. The van der Waals surface area contributed by atoms with Crippen molar-refractivity contribution < 1.29 is 14.2 Å². The van der Waals surface area contributed by atoms with Crippen LogP contribution >= 0.6 is 0 Å². The number of nitrogens with one attached hydrogen (secondary N) is 1. The molecule has 0 aliphatic carbocycles. The Balaban J connectivity index is 1.50. The van der Waals surface area contributed by atoms with Gasteiger partial charge in [-0.3, -0.25) is 0 Å². The number of hydrogen-bond donors (Lipinski definition) is 1. The Labute approximate surface area is 97.6 Å². The highest BCUT2D eigenvalue weighted by atomic mass is 16.5. The van der Waals surface area contributed by atoms with Crippen LogP contribution in [-0.4, -0.2) is 51.2 Å². The Bertz CT molecular complexity index is 189. The molecule has 3 atom stereocenters. The highest BCUT2D eigenvalue weighted by Gasteiger charge is 2.21. The Morgan fingerprint density at radius 2 is 2.31 bits per heavy atom. The third kappa shape index (κ3) is 3.70. The minimum atomic E-state index is 0.319. The molecule has 0 saturated carbocycles. The molecule has 2 aliphatic rings. The van der Waals surface area contributed by atoms with E-state index in [-0.39, 0.29) is 0 Å². The van der Waals surface area contributed by atoms with Gasteiger partial charge in [0.25, 0.3) is 0 Å². The van der Waals surface area contributed by atoms with E-state index in [1.165, 1.54) is 12.8 Å². The first-order valence-electron chi connectivity index (χ1n) is 6.40. The van der Waals surface area contributed by atoms with Crippen molar-refractivity contribution in [3.8, 4) is 0 Å². The predicted molar refractivity (Wildman–Crippen MR) is 61.6 cm³/mol. The molecule has 2 saturated heterocycles. The maximum atomic E-state index is 5.69. The van der Waals surface area contributed by atoms with Crippen molar-refractivity contribution in [2.24, 2.45) is 0 Å². The maximum absolute atomic E-state index is 5.69. The summed E-state index contributed by atoms with van der Waals surface area (Å²) in [4.78, 5) is 0. The summed E-state index contributed by atoms with van der Waals surface area (Å²) < 4.78 is 16.6. The molecular weight excluding hydrogens is 206 g/mol. The minimum absolute atomic E-state index is 0.319. The molecule has 3 unspecified atom stereocenters. The minimum Gasteiger partial charge on any atom is -0.379 e. The summed E-state index contributed by atoms with van der Waals surface area (Å²) in [6, 6.07) is 0.436. The van der Waals surface area contributed by atoms with Crippen LogP contribution in [0, 0.1) is 0 Å². The van der Waals surface area contributed by atoms with Crippen LogP contribution in [0.5, 0.6) is 0 Å². The molecule has 0 amide bonds. The summed E-state index contributed by atoms with van der Waals surface area (Å²) in [5, 5.41) is 3.46. The van der Waals surface area contributed by atoms with E-state index in [1.54, 1.807) is 0 Å². The van der Waals surface area contributed by atoms with E-state index < -0.39 is 0 Å². The first-order valence-corrected chi connectivity index (χ1v) is 6.40. The van der Waals surface area contributed by atoms with Crippen molar-refractivity contribution in [1.29, 1.82) is 0 Å². The monoisotopic (exact) mass is 229 g/mol. The molecule has 16 heavy (non-hydrogen) atoms. The molecule has 2 aliphatic heterocycles. The molecule has 0 aromatic heterocycles. The van der Waals surface area contributed by atoms with Gasteiger partial charge >= 0.3 is 0 Å². The summed E-state index contributed by atoms with van der Waals surface area (Å²) in [5.41, 5.74) is 0. The number of hydrogen-bond acceptors (Lipinski definition) is 4. The van der Waals surface area contributed by atoms with Gasteiger partial charge in [0.15, 0.2) is 0 Å². The molecule has 0 spiro atoms. The van der Waals surface area contributed by atoms with Crippen LogP contribution < -0.4 is 5.32 Å². The van der Waals surface area contributed by atoms with Crippen LogP contribution in [0.1, 0.15) is 26.2 Å². The third-order valence-corrected chi connectivity index (χ3v) is 3.33. The third-order valence-electron chi connectivity index (χ3n) is 3.33. The molecule has 94 valence electrons. The van der Waals surface area contributed by atoms with Crippen molar-refractivity contribution in [3.05, 3.63) is 0 Å². The van der Waals surface area contributed by atoms with Crippen LogP contribution in [0.3, 0.4) is 0 Å². The second-order valence-corrected chi connectivity index (χ2v) is 4.65. The lowest BCUT2D eigenvalue weighted by molar-refractivity contribution is 0.0382. The van der Waals surface area contributed by atoms with Crippen LogP contribution in [0.4, 0.5) is 0 Å². The molecule has 0 aromatic carbocycles. The maximum Gasteiger partial charge on any atom is 0.0831 e. The fraction of sp³-hybridized carbons (Fsp3) is 1.00. The zero-order valence-electron chi connectivity index (χ0n) is 10.1. The van der Waals surface area contributed by atoms with E-state index in [2.05, 4.69) is 12.2 Å². The highest BCUT2D eigenvalue weighted by Crippen LogP contribution is 2.15. The number of rotatable bonds is 6.